The number of carboxylic acids is 1. The maximum absolute atomic E-state index is 13.1. The van der Waals surface area contributed by atoms with Gasteiger partial charge in [-0.15, -0.1) is 0 Å². The van der Waals surface area contributed by atoms with Crippen LogP contribution in [0.3, 0.4) is 0 Å². The molecule has 0 aromatic heterocycles. The molecule has 146 valence electrons. The van der Waals surface area contributed by atoms with E-state index < -0.39 is 23.8 Å². The molecule has 0 bridgehead atoms. The van der Waals surface area contributed by atoms with Crippen molar-refractivity contribution in [1.29, 1.82) is 0 Å². The van der Waals surface area contributed by atoms with E-state index in [0.29, 0.717) is 23.0 Å². The summed E-state index contributed by atoms with van der Waals surface area (Å²) in [6, 6.07) is 5.96. The first-order valence-corrected chi connectivity index (χ1v) is 9.74. The minimum absolute atomic E-state index is 0.0125. The Balaban J connectivity index is 1.73. The molecule has 2 amide bonds. The molecule has 1 aromatic rings. The third kappa shape index (κ3) is 4.26. The Morgan fingerprint density at radius 3 is 2.41 bits per heavy atom. The van der Waals surface area contributed by atoms with E-state index >= 15 is 0 Å². The summed E-state index contributed by atoms with van der Waals surface area (Å²) in [5.74, 6) is -1.71. The van der Waals surface area contributed by atoms with Gasteiger partial charge in [0.15, 0.2) is 0 Å². The number of hydrogen-bond acceptors (Lipinski definition) is 3. The number of carbonyl (C=O) groups is 3. The number of likely N-dealkylation sites (tertiary alicyclic amines) is 1. The molecule has 1 heterocycles. The monoisotopic (exact) mass is 392 g/mol. The van der Waals surface area contributed by atoms with Gasteiger partial charge in [0.1, 0.15) is 6.04 Å². The zero-order valence-corrected chi connectivity index (χ0v) is 16.3. The number of amides is 2. The number of halogens is 1. The van der Waals surface area contributed by atoms with E-state index in [1.807, 2.05) is 13.8 Å². The molecule has 1 saturated heterocycles. The number of hydrogen-bond donors (Lipinski definition) is 2. The minimum atomic E-state index is -0.844. The van der Waals surface area contributed by atoms with Crippen LogP contribution in [0.1, 0.15) is 37.0 Å². The van der Waals surface area contributed by atoms with Crippen LogP contribution in [-0.2, 0) is 9.59 Å². The molecule has 2 fully saturated rings. The van der Waals surface area contributed by atoms with Gasteiger partial charge in [0, 0.05) is 13.1 Å². The molecule has 1 unspecified atom stereocenters. The topological polar surface area (TPSA) is 86.7 Å². The van der Waals surface area contributed by atoms with Gasteiger partial charge in [-0.05, 0) is 42.7 Å². The van der Waals surface area contributed by atoms with Crippen LogP contribution in [0, 0.1) is 23.7 Å². The molecule has 1 aliphatic carbocycles. The predicted octanol–water partition coefficient (Wildman–Crippen LogP) is 2.66. The van der Waals surface area contributed by atoms with Gasteiger partial charge in [-0.25, -0.2) is 0 Å². The number of benzene rings is 1. The second-order valence-corrected chi connectivity index (χ2v) is 8.27. The lowest BCUT2D eigenvalue weighted by atomic mass is 9.92. The Kier molecular flexibility index (Phi) is 5.75. The fourth-order valence-corrected chi connectivity index (χ4v) is 4.07. The Labute approximate surface area is 163 Å². The van der Waals surface area contributed by atoms with Gasteiger partial charge in [0.05, 0.1) is 16.5 Å². The van der Waals surface area contributed by atoms with Crippen LogP contribution in [0.25, 0.3) is 0 Å². The lowest BCUT2D eigenvalue weighted by molar-refractivity contribution is -0.142. The summed E-state index contributed by atoms with van der Waals surface area (Å²) in [5, 5.41) is 12.6. The summed E-state index contributed by atoms with van der Waals surface area (Å²) < 4.78 is 0. The molecule has 7 heteroatoms. The molecule has 0 spiro atoms. The SMILES string of the molecule is CC(C)C(NC(=O)c1ccccc1Cl)C(=O)N1C[C@H](C(=O)O)[C@@H](C2CC2)C1. The third-order valence-corrected chi connectivity index (χ3v) is 5.89. The molecule has 6 nitrogen and oxygen atoms in total. The molecule has 3 rings (SSSR count). The molecule has 1 aromatic carbocycles. The third-order valence-electron chi connectivity index (χ3n) is 5.56. The van der Waals surface area contributed by atoms with Gasteiger partial charge in [-0.1, -0.05) is 37.6 Å². The van der Waals surface area contributed by atoms with Crippen molar-refractivity contribution in [3.63, 3.8) is 0 Å². The van der Waals surface area contributed by atoms with Gasteiger partial charge in [-0.3, -0.25) is 14.4 Å². The quantitative estimate of drug-likeness (QED) is 0.779. The molecule has 2 aliphatic rings. The fraction of sp³-hybridized carbons (Fsp3) is 0.550. The lowest BCUT2D eigenvalue weighted by Crippen LogP contribution is -2.51. The molecule has 2 N–H and O–H groups in total. The average molecular weight is 393 g/mol. The molecular weight excluding hydrogens is 368 g/mol. The number of rotatable bonds is 6. The van der Waals surface area contributed by atoms with E-state index in [4.69, 9.17) is 11.6 Å². The maximum atomic E-state index is 13.1. The van der Waals surface area contributed by atoms with Crippen LogP contribution in [0.15, 0.2) is 24.3 Å². The lowest BCUT2D eigenvalue weighted by Gasteiger charge is -2.27. The number of nitrogens with one attached hydrogen (secondary N) is 1. The number of nitrogens with zero attached hydrogens (tertiary/aromatic N) is 1. The van der Waals surface area contributed by atoms with Gasteiger partial charge < -0.3 is 15.3 Å². The highest BCUT2D eigenvalue weighted by Crippen LogP contribution is 2.44. The number of carbonyl (C=O) groups excluding carboxylic acids is 2. The van der Waals surface area contributed by atoms with Crippen molar-refractivity contribution in [1.82, 2.24) is 10.2 Å². The summed E-state index contributed by atoms with van der Waals surface area (Å²) in [7, 11) is 0. The molecule has 3 atom stereocenters. The van der Waals surface area contributed by atoms with Gasteiger partial charge in [0.25, 0.3) is 5.91 Å². The molecule has 27 heavy (non-hydrogen) atoms. The van der Waals surface area contributed by atoms with Gasteiger partial charge in [0.2, 0.25) is 5.91 Å². The second kappa shape index (κ2) is 7.89. The molecule has 0 radical (unpaired) electrons. The standard InChI is InChI=1S/C20H25ClN2O4/c1-11(2)17(22-18(24)13-5-3-4-6-16(13)21)19(25)23-9-14(12-7-8-12)15(10-23)20(26)27/h3-6,11-12,14-15,17H,7-10H2,1-2H3,(H,22,24)(H,26,27)/t14-,15+,17?/m1/s1. The zero-order chi connectivity index (χ0) is 19.7. The van der Waals surface area contributed by atoms with Crippen LogP contribution in [0.5, 0.6) is 0 Å². The summed E-state index contributed by atoms with van der Waals surface area (Å²) >= 11 is 6.08. The van der Waals surface area contributed by atoms with Crippen molar-refractivity contribution in [2.24, 2.45) is 23.7 Å². The first-order chi connectivity index (χ1) is 12.8. The smallest absolute Gasteiger partial charge is 0.308 e. The van der Waals surface area contributed by atoms with Crippen molar-refractivity contribution in [2.75, 3.05) is 13.1 Å². The molecular formula is C20H25ClN2O4. The highest BCUT2D eigenvalue weighted by Gasteiger charge is 2.48. The van der Waals surface area contributed by atoms with Crippen molar-refractivity contribution >= 4 is 29.4 Å². The van der Waals surface area contributed by atoms with Crippen LogP contribution in [0.4, 0.5) is 0 Å². The Bertz CT molecular complexity index is 747. The molecule has 1 saturated carbocycles. The normalized spacial score (nSPS) is 23.3. The van der Waals surface area contributed by atoms with Crippen molar-refractivity contribution < 1.29 is 19.5 Å². The van der Waals surface area contributed by atoms with Crippen LogP contribution >= 0.6 is 11.6 Å². The van der Waals surface area contributed by atoms with Crippen LogP contribution in [0.2, 0.25) is 5.02 Å². The van der Waals surface area contributed by atoms with Gasteiger partial charge >= 0.3 is 5.97 Å². The molecule has 1 aliphatic heterocycles. The van der Waals surface area contributed by atoms with Gasteiger partial charge in [-0.2, -0.15) is 0 Å². The Hall–Kier alpha value is -2.08. The second-order valence-electron chi connectivity index (χ2n) is 7.86. The van der Waals surface area contributed by atoms with E-state index in [1.165, 1.54) is 0 Å². The van der Waals surface area contributed by atoms with E-state index in [-0.39, 0.29) is 24.3 Å². The summed E-state index contributed by atoms with van der Waals surface area (Å²) in [5.41, 5.74) is 0.318. The number of aliphatic carboxylic acids is 1. The van der Waals surface area contributed by atoms with E-state index in [2.05, 4.69) is 5.32 Å². The Morgan fingerprint density at radius 1 is 1.19 bits per heavy atom. The first kappa shape index (κ1) is 19.7. The summed E-state index contributed by atoms with van der Waals surface area (Å²) in [4.78, 5) is 38.9. The zero-order valence-electron chi connectivity index (χ0n) is 15.5. The highest BCUT2D eigenvalue weighted by molar-refractivity contribution is 6.33. The summed E-state index contributed by atoms with van der Waals surface area (Å²) in [6.45, 7) is 4.38. The first-order valence-electron chi connectivity index (χ1n) is 9.36. The van der Waals surface area contributed by atoms with E-state index in [9.17, 15) is 19.5 Å². The number of carboxylic acid groups (broad SMARTS) is 1. The van der Waals surface area contributed by atoms with Crippen LogP contribution < -0.4 is 5.32 Å². The predicted molar refractivity (Wildman–Crippen MR) is 101 cm³/mol. The van der Waals surface area contributed by atoms with Crippen molar-refractivity contribution in [3.8, 4) is 0 Å². The summed E-state index contributed by atoms with van der Waals surface area (Å²) in [6.07, 6.45) is 2.07. The minimum Gasteiger partial charge on any atom is -0.481 e. The van der Waals surface area contributed by atoms with E-state index in [0.717, 1.165) is 12.8 Å². The van der Waals surface area contributed by atoms with Crippen molar-refractivity contribution in [2.45, 2.75) is 32.7 Å². The average Bonchev–Trinajstić information content (AvgIpc) is 3.36. The van der Waals surface area contributed by atoms with E-state index in [1.54, 1.807) is 29.2 Å². The Morgan fingerprint density at radius 2 is 1.85 bits per heavy atom. The van der Waals surface area contributed by atoms with Crippen LogP contribution in [-0.4, -0.2) is 46.9 Å². The fourth-order valence-electron chi connectivity index (χ4n) is 3.85. The maximum Gasteiger partial charge on any atom is 0.308 e. The largest absolute Gasteiger partial charge is 0.481 e. The highest BCUT2D eigenvalue weighted by atomic mass is 35.5. The van der Waals surface area contributed by atoms with Crippen molar-refractivity contribution in [3.05, 3.63) is 34.9 Å².